The summed E-state index contributed by atoms with van der Waals surface area (Å²) in [4.78, 5) is 14.2. The van der Waals surface area contributed by atoms with Crippen molar-refractivity contribution in [3.05, 3.63) is 46.7 Å². The van der Waals surface area contributed by atoms with Crippen LogP contribution in [0.25, 0.3) is 0 Å². The number of ether oxygens (including phenoxy) is 2. The molecule has 2 aromatic rings. The van der Waals surface area contributed by atoms with Crippen LogP contribution in [0.15, 0.2) is 35.2 Å². The number of halogens is 2. The maximum absolute atomic E-state index is 14.5. The second-order valence-corrected chi connectivity index (χ2v) is 9.23. The highest BCUT2D eigenvalue weighted by atomic mass is 35.5. The number of esters is 1. The van der Waals surface area contributed by atoms with Crippen LogP contribution in [-0.4, -0.2) is 40.7 Å². The van der Waals surface area contributed by atoms with Crippen LogP contribution in [-0.2, 0) is 14.8 Å². The molecular weight excluding hydrogens is 435 g/mol. The Morgan fingerprint density at radius 3 is 2.83 bits per heavy atom. The molecule has 1 saturated heterocycles. The lowest BCUT2D eigenvalue weighted by Gasteiger charge is -2.27. The minimum Gasteiger partial charge on any atom is -0.494 e. The number of carbonyl (C=O) groups excluding carboxylic acids is 1. The first-order valence-corrected chi connectivity index (χ1v) is 11.3. The van der Waals surface area contributed by atoms with Gasteiger partial charge in [0.2, 0.25) is 0 Å². The first kappa shape index (κ1) is 20.7. The molecule has 10 heteroatoms. The van der Waals surface area contributed by atoms with E-state index in [-0.39, 0.29) is 39.6 Å². The van der Waals surface area contributed by atoms with E-state index in [2.05, 4.69) is 9.62 Å². The fraction of sp³-hybridized carbons (Fsp3) is 0.350. The van der Waals surface area contributed by atoms with Gasteiger partial charge in [-0.2, -0.15) is 0 Å². The third kappa shape index (κ3) is 3.79. The zero-order valence-corrected chi connectivity index (χ0v) is 17.7. The zero-order chi connectivity index (χ0) is 21.5. The number of cyclic esters (lactones) is 1. The quantitative estimate of drug-likeness (QED) is 0.659. The Kier molecular flexibility index (Phi) is 5.50. The predicted octanol–water partition coefficient (Wildman–Crippen LogP) is 3.82. The maximum Gasteiger partial charge on any atom is 0.338 e. The van der Waals surface area contributed by atoms with Gasteiger partial charge in [0, 0.05) is 24.7 Å². The Hall–Kier alpha value is -2.52. The van der Waals surface area contributed by atoms with Crippen LogP contribution in [0, 0.1) is 5.82 Å². The SMILES string of the molecule is COc1c(Cl)cc2cc1S(=O)(=O)Nc1cc(ccc1F)N1CCC[C@@H]1CCOC2=O. The minimum atomic E-state index is -4.33. The summed E-state index contributed by atoms with van der Waals surface area (Å²) in [7, 11) is -3.07. The van der Waals surface area contributed by atoms with Crippen LogP contribution < -0.4 is 14.4 Å². The van der Waals surface area contributed by atoms with E-state index in [9.17, 15) is 17.6 Å². The molecule has 4 rings (SSSR count). The lowest BCUT2D eigenvalue weighted by Crippen LogP contribution is -2.31. The van der Waals surface area contributed by atoms with Crippen molar-refractivity contribution < 1.29 is 27.1 Å². The van der Waals surface area contributed by atoms with Gasteiger partial charge < -0.3 is 14.4 Å². The first-order chi connectivity index (χ1) is 14.3. The van der Waals surface area contributed by atoms with Crippen molar-refractivity contribution in [2.24, 2.45) is 0 Å². The van der Waals surface area contributed by atoms with Crippen molar-refractivity contribution in [2.75, 3.05) is 29.9 Å². The second kappa shape index (κ2) is 7.96. The summed E-state index contributed by atoms with van der Waals surface area (Å²) >= 11 is 6.16. The van der Waals surface area contributed by atoms with Crippen LogP contribution in [0.5, 0.6) is 5.75 Å². The Labute approximate surface area is 178 Å². The molecule has 2 aromatic carbocycles. The fourth-order valence-corrected chi connectivity index (χ4v) is 5.53. The molecule has 1 atom stereocenters. The van der Waals surface area contributed by atoms with E-state index < -0.39 is 21.8 Å². The summed E-state index contributed by atoms with van der Waals surface area (Å²) in [6.07, 6.45) is 2.43. The first-order valence-electron chi connectivity index (χ1n) is 9.44. The number of rotatable bonds is 1. The number of anilines is 2. The topological polar surface area (TPSA) is 84.9 Å². The van der Waals surface area contributed by atoms with Crippen LogP contribution in [0.3, 0.4) is 0 Å². The van der Waals surface area contributed by atoms with Gasteiger partial charge in [-0.25, -0.2) is 17.6 Å². The van der Waals surface area contributed by atoms with Gasteiger partial charge in [-0.3, -0.25) is 4.72 Å². The molecule has 2 aliphatic rings. The highest BCUT2D eigenvalue weighted by molar-refractivity contribution is 7.92. The van der Waals surface area contributed by atoms with Gasteiger partial charge in [-0.05, 0) is 43.2 Å². The second-order valence-electron chi connectivity index (χ2n) is 7.17. The zero-order valence-electron chi connectivity index (χ0n) is 16.2. The van der Waals surface area contributed by atoms with E-state index in [1.54, 1.807) is 6.07 Å². The summed E-state index contributed by atoms with van der Waals surface area (Å²) in [6.45, 7) is 0.914. The van der Waals surface area contributed by atoms with Crippen molar-refractivity contribution in [3.63, 3.8) is 0 Å². The van der Waals surface area contributed by atoms with Gasteiger partial charge in [0.25, 0.3) is 10.0 Å². The molecule has 1 N–H and O–H groups in total. The number of benzene rings is 2. The van der Waals surface area contributed by atoms with Gasteiger partial charge in [0.05, 0.1) is 30.0 Å². The van der Waals surface area contributed by atoms with E-state index in [0.29, 0.717) is 12.1 Å². The molecular formula is C20H20ClFN2O5S. The molecule has 0 unspecified atom stereocenters. The molecule has 7 nitrogen and oxygen atoms in total. The molecule has 160 valence electrons. The molecule has 2 aliphatic heterocycles. The number of carbonyl (C=O) groups is 1. The molecule has 4 bridgehead atoms. The summed E-state index contributed by atoms with van der Waals surface area (Å²) in [5.74, 6) is -1.56. The summed E-state index contributed by atoms with van der Waals surface area (Å²) in [6, 6.07) is 6.82. The Morgan fingerprint density at radius 2 is 2.07 bits per heavy atom. The average molecular weight is 455 g/mol. The number of methoxy groups -OCH3 is 1. The van der Waals surface area contributed by atoms with Gasteiger partial charge in [0.1, 0.15) is 10.7 Å². The minimum absolute atomic E-state index is 0.0317. The normalized spacial score (nSPS) is 20.6. The molecule has 2 heterocycles. The monoisotopic (exact) mass is 454 g/mol. The van der Waals surface area contributed by atoms with Crippen molar-refractivity contribution in [2.45, 2.75) is 30.2 Å². The Balaban J connectivity index is 1.87. The third-order valence-electron chi connectivity index (χ3n) is 5.33. The van der Waals surface area contributed by atoms with Gasteiger partial charge in [0.15, 0.2) is 5.75 Å². The fourth-order valence-electron chi connectivity index (χ4n) is 3.90. The average Bonchev–Trinajstić information content (AvgIpc) is 3.16. The molecule has 0 saturated carbocycles. The van der Waals surface area contributed by atoms with Crippen molar-refractivity contribution in [1.82, 2.24) is 0 Å². The molecule has 0 spiro atoms. The van der Waals surface area contributed by atoms with Crippen molar-refractivity contribution in [1.29, 1.82) is 0 Å². The van der Waals surface area contributed by atoms with E-state index in [1.165, 1.54) is 25.3 Å². The Morgan fingerprint density at radius 1 is 1.27 bits per heavy atom. The largest absolute Gasteiger partial charge is 0.494 e. The van der Waals surface area contributed by atoms with Crippen molar-refractivity contribution >= 4 is 39.0 Å². The summed E-state index contributed by atoms with van der Waals surface area (Å²) < 4.78 is 53.4. The van der Waals surface area contributed by atoms with Gasteiger partial charge in [-0.15, -0.1) is 0 Å². The number of fused-ring (bicyclic) bond motifs is 6. The van der Waals surface area contributed by atoms with Crippen LogP contribution in [0.1, 0.15) is 29.6 Å². The maximum atomic E-state index is 14.5. The summed E-state index contributed by atoms with van der Waals surface area (Å²) in [5, 5.41) is -0.0735. The van der Waals surface area contributed by atoms with Crippen LogP contribution in [0.4, 0.5) is 15.8 Å². The van der Waals surface area contributed by atoms with Gasteiger partial charge in [-0.1, -0.05) is 11.6 Å². The number of hydrogen-bond donors (Lipinski definition) is 1. The lowest BCUT2D eigenvalue weighted by molar-refractivity contribution is 0.0493. The predicted molar refractivity (Wildman–Crippen MR) is 110 cm³/mol. The number of nitrogens with one attached hydrogen (secondary N) is 1. The van der Waals surface area contributed by atoms with Crippen LogP contribution >= 0.6 is 11.6 Å². The van der Waals surface area contributed by atoms with E-state index in [0.717, 1.165) is 25.5 Å². The molecule has 1 fully saturated rings. The number of nitrogens with zero attached hydrogens (tertiary/aromatic N) is 1. The molecule has 0 amide bonds. The van der Waals surface area contributed by atoms with E-state index in [4.69, 9.17) is 21.1 Å². The highest BCUT2D eigenvalue weighted by Gasteiger charge is 2.29. The van der Waals surface area contributed by atoms with E-state index >= 15 is 0 Å². The number of hydrogen-bond acceptors (Lipinski definition) is 6. The standard InChI is InChI=1S/C20H20ClFN2O5S/c1-28-19-15(21)9-12-10-18(19)30(26,27)23-17-11-14(4-5-16(17)22)24-7-2-3-13(24)6-8-29-20(12)25/h4-5,9-11,13,23H,2-3,6-8H2,1H3/t13-/m1/s1. The highest BCUT2D eigenvalue weighted by Crippen LogP contribution is 2.36. The lowest BCUT2D eigenvalue weighted by atomic mass is 10.1. The molecule has 0 aromatic heterocycles. The van der Waals surface area contributed by atoms with E-state index in [1.807, 2.05) is 0 Å². The smallest absolute Gasteiger partial charge is 0.338 e. The molecule has 0 radical (unpaired) electrons. The molecule has 30 heavy (non-hydrogen) atoms. The van der Waals surface area contributed by atoms with Crippen LogP contribution in [0.2, 0.25) is 5.02 Å². The third-order valence-corrected chi connectivity index (χ3v) is 6.98. The number of sulfonamides is 1. The molecule has 0 aliphatic carbocycles. The summed E-state index contributed by atoms with van der Waals surface area (Å²) in [5.41, 5.74) is 0.468. The Bertz CT molecular complexity index is 1110. The van der Waals surface area contributed by atoms with Gasteiger partial charge >= 0.3 is 5.97 Å². The van der Waals surface area contributed by atoms with Crippen molar-refractivity contribution in [3.8, 4) is 5.75 Å².